The second-order valence-corrected chi connectivity index (χ2v) is 4.64. The van der Waals surface area contributed by atoms with Crippen LogP contribution in [0.15, 0.2) is 0 Å². The van der Waals surface area contributed by atoms with Crippen molar-refractivity contribution in [1.29, 1.82) is 10.5 Å². The molecular formula is C12H13N5O. The van der Waals surface area contributed by atoms with Gasteiger partial charge in [0.15, 0.2) is 5.82 Å². The van der Waals surface area contributed by atoms with E-state index in [4.69, 9.17) is 10.5 Å². The summed E-state index contributed by atoms with van der Waals surface area (Å²) in [5.41, 5.74) is 1.03. The lowest BCUT2D eigenvalue weighted by Gasteiger charge is -2.46. The second-order valence-electron chi connectivity index (χ2n) is 4.64. The van der Waals surface area contributed by atoms with Gasteiger partial charge >= 0.3 is 0 Å². The summed E-state index contributed by atoms with van der Waals surface area (Å²) in [7, 11) is 0. The van der Waals surface area contributed by atoms with E-state index in [1.165, 1.54) is 0 Å². The van der Waals surface area contributed by atoms with Gasteiger partial charge in [-0.1, -0.05) is 0 Å². The molecule has 0 spiro atoms. The molecule has 6 nitrogen and oxygen atoms in total. The zero-order valence-corrected chi connectivity index (χ0v) is 10.3. The SMILES string of the molecule is Cc1nnc(N2CC(O)(CC#N)C2)c(C#N)c1C. The number of anilines is 1. The van der Waals surface area contributed by atoms with Gasteiger partial charge in [0.1, 0.15) is 17.2 Å². The number of nitriles is 2. The van der Waals surface area contributed by atoms with Crippen LogP contribution >= 0.6 is 0 Å². The summed E-state index contributed by atoms with van der Waals surface area (Å²) < 4.78 is 0. The molecule has 1 N–H and O–H groups in total. The highest BCUT2D eigenvalue weighted by Gasteiger charge is 2.42. The van der Waals surface area contributed by atoms with Crippen molar-refractivity contribution in [2.75, 3.05) is 18.0 Å². The van der Waals surface area contributed by atoms with Gasteiger partial charge in [-0.05, 0) is 19.4 Å². The Balaban J connectivity index is 2.26. The minimum atomic E-state index is -0.984. The summed E-state index contributed by atoms with van der Waals surface area (Å²) in [4.78, 5) is 1.77. The van der Waals surface area contributed by atoms with E-state index in [2.05, 4.69) is 16.3 Å². The number of aromatic nitrogens is 2. The molecule has 0 atom stereocenters. The highest BCUT2D eigenvalue weighted by Crippen LogP contribution is 2.31. The molecule has 1 saturated heterocycles. The lowest BCUT2D eigenvalue weighted by molar-refractivity contribution is 0.0160. The lowest BCUT2D eigenvalue weighted by atomic mass is 9.90. The zero-order chi connectivity index (χ0) is 13.3. The number of nitrogens with zero attached hydrogens (tertiary/aromatic N) is 5. The van der Waals surface area contributed by atoms with E-state index in [0.717, 1.165) is 11.3 Å². The van der Waals surface area contributed by atoms with Crippen molar-refractivity contribution in [1.82, 2.24) is 10.2 Å². The molecule has 1 fully saturated rings. The molecule has 0 saturated carbocycles. The smallest absolute Gasteiger partial charge is 0.169 e. The summed E-state index contributed by atoms with van der Waals surface area (Å²) in [6.45, 7) is 4.25. The second kappa shape index (κ2) is 4.25. The van der Waals surface area contributed by atoms with Crippen LogP contribution in [-0.4, -0.2) is 34.0 Å². The maximum atomic E-state index is 9.93. The van der Waals surface area contributed by atoms with Crippen LogP contribution in [0.3, 0.4) is 0 Å². The molecule has 0 aliphatic carbocycles. The van der Waals surface area contributed by atoms with Crippen molar-refractivity contribution in [2.24, 2.45) is 0 Å². The van der Waals surface area contributed by atoms with Gasteiger partial charge in [-0.2, -0.15) is 15.6 Å². The van der Waals surface area contributed by atoms with Crippen molar-refractivity contribution in [3.05, 3.63) is 16.8 Å². The predicted molar refractivity (Wildman–Crippen MR) is 63.6 cm³/mol. The van der Waals surface area contributed by atoms with E-state index in [0.29, 0.717) is 24.5 Å². The lowest BCUT2D eigenvalue weighted by Crippen LogP contribution is -2.62. The molecule has 2 heterocycles. The number of aliphatic hydroxyl groups is 1. The fourth-order valence-electron chi connectivity index (χ4n) is 2.02. The summed E-state index contributed by atoms with van der Waals surface area (Å²) in [6, 6.07) is 4.08. The Kier molecular flexibility index (Phi) is 2.90. The van der Waals surface area contributed by atoms with Gasteiger partial charge in [0.25, 0.3) is 0 Å². The monoisotopic (exact) mass is 243 g/mol. The third-order valence-electron chi connectivity index (χ3n) is 3.23. The first kappa shape index (κ1) is 12.3. The van der Waals surface area contributed by atoms with Gasteiger partial charge in [-0.15, -0.1) is 5.10 Å². The largest absolute Gasteiger partial charge is 0.385 e. The summed E-state index contributed by atoms with van der Waals surface area (Å²) in [5, 5.41) is 35.7. The van der Waals surface area contributed by atoms with Crippen molar-refractivity contribution in [3.63, 3.8) is 0 Å². The van der Waals surface area contributed by atoms with Crippen LogP contribution in [0.2, 0.25) is 0 Å². The molecule has 1 aromatic rings. The molecule has 1 aromatic heterocycles. The highest BCUT2D eigenvalue weighted by molar-refractivity contribution is 5.59. The summed E-state index contributed by atoms with van der Waals surface area (Å²) in [6.07, 6.45) is 0.0870. The molecule has 1 aliphatic rings. The van der Waals surface area contributed by atoms with E-state index in [1.807, 2.05) is 13.0 Å². The van der Waals surface area contributed by atoms with Gasteiger partial charge in [0, 0.05) is 0 Å². The van der Waals surface area contributed by atoms with E-state index in [1.54, 1.807) is 11.8 Å². The standard InChI is InChI=1S/C12H13N5O/c1-8-9(2)15-16-11(10(8)5-14)17-6-12(18,7-17)3-4-13/h18H,3,6-7H2,1-2H3. The van der Waals surface area contributed by atoms with Gasteiger partial charge in [0.2, 0.25) is 0 Å². The maximum Gasteiger partial charge on any atom is 0.169 e. The van der Waals surface area contributed by atoms with E-state index >= 15 is 0 Å². The minimum absolute atomic E-state index is 0.0870. The number of hydrogen-bond acceptors (Lipinski definition) is 6. The van der Waals surface area contributed by atoms with Crippen molar-refractivity contribution in [2.45, 2.75) is 25.9 Å². The van der Waals surface area contributed by atoms with E-state index < -0.39 is 5.60 Å². The Bertz CT molecular complexity index is 563. The predicted octanol–water partition coefficient (Wildman–Crippen LogP) is 0.430. The van der Waals surface area contributed by atoms with Crippen molar-refractivity contribution >= 4 is 5.82 Å². The Hall–Kier alpha value is -2.18. The van der Waals surface area contributed by atoms with Crippen LogP contribution in [0, 0.1) is 36.5 Å². The van der Waals surface area contributed by atoms with Crippen LogP contribution in [0.5, 0.6) is 0 Å². The normalized spacial score (nSPS) is 16.6. The molecule has 0 bridgehead atoms. The van der Waals surface area contributed by atoms with Gasteiger partial charge in [-0.3, -0.25) is 0 Å². The first-order valence-electron chi connectivity index (χ1n) is 5.59. The summed E-state index contributed by atoms with van der Waals surface area (Å²) >= 11 is 0. The number of aryl methyl sites for hydroxylation is 1. The first-order valence-corrected chi connectivity index (χ1v) is 5.59. The van der Waals surface area contributed by atoms with Crippen LogP contribution in [-0.2, 0) is 0 Å². The molecule has 6 heteroatoms. The fraction of sp³-hybridized carbons (Fsp3) is 0.500. The van der Waals surface area contributed by atoms with Crippen LogP contribution in [0.1, 0.15) is 23.2 Å². The minimum Gasteiger partial charge on any atom is -0.385 e. The maximum absolute atomic E-state index is 9.93. The van der Waals surface area contributed by atoms with Crippen LogP contribution < -0.4 is 4.90 Å². The molecule has 92 valence electrons. The Morgan fingerprint density at radius 2 is 2.00 bits per heavy atom. The molecule has 0 aromatic carbocycles. The Labute approximate surface area is 105 Å². The summed E-state index contributed by atoms with van der Waals surface area (Å²) in [5.74, 6) is 0.489. The third-order valence-corrected chi connectivity index (χ3v) is 3.23. The van der Waals surface area contributed by atoms with Crippen molar-refractivity contribution in [3.8, 4) is 12.1 Å². The Morgan fingerprint density at radius 1 is 1.33 bits per heavy atom. The average molecular weight is 243 g/mol. The van der Waals surface area contributed by atoms with Gasteiger partial charge in [0.05, 0.1) is 31.3 Å². The average Bonchev–Trinajstić information content (AvgIpc) is 2.29. The first-order chi connectivity index (χ1) is 8.50. The molecular weight excluding hydrogens is 230 g/mol. The molecule has 18 heavy (non-hydrogen) atoms. The molecule has 0 radical (unpaired) electrons. The van der Waals surface area contributed by atoms with Gasteiger partial charge < -0.3 is 10.0 Å². The van der Waals surface area contributed by atoms with Crippen LogP contribution in [0.25, 0.3) is 0 Å². The van der Waals surface area contributed by atoms with Crippen LogP contribution in [0.4, 0.5) is 5.82 Å². The topological polar surface area (TPSA) is 96.8 Å². The number of hydrogen-bond donors (Lipinski definition) is 1. The van der Waals surface area contributed by atoms with Crippen molar-refractivity contribution < 1.29 is 5.11 Å². The van der Waals surface area contributed by atoms with Gasteiger partial charge in [-0.25, -0.2) is 0 Å². The molecule has 2 rings (SSSR count). The van der Waals surface area contributed by atoms with E-state index in [-0.39, 0.29) is 6.42 Å². The highest BCUT2D eigenvalue weighted by atomic mass is 16.3. The third kappa shape index (κ3) is 1.87. The molecule has 0 unspecified atom stereocenters. The number of β-amino-alcohol motifs (C(OH)–C–C–N with tert-alkyl or cyclic N) is 1. The molecule has 0 amide bonds. The Morgan fingerprint density at radius 3 is 2.56 bits per heavy atom. The molecule has 1 aliphatic heterocycles. The zero-order valence-electron chi connectivity index (χ0n) is 10.3. The number of rotatable bonds is 2. The fourth-order valence-corrected chi connectivity index (χ4v) is 2.02. The van der Waals surface area contributed by atoms with E-state index in [9.17, 15) is 5.11 Å². The quantitative estimate of drug-likeness (QED) is 0.809.